The van der Waals surface area contributed by atoms with Gasteiger partial charge >= 0.3 is 0 Å². The number of nitrogens with zero attached hydrogens (tertiary/aromatic N) is 2. The molecule has 27 heavy (non-hydrogen) atoms. The number of benzene rings is 2. The Kier molecular flexibility index (Phi) is 5.43. The number of pyridine rings is 1. The van der Waals surface area contributed by atoms with Gasteiger partial charge in [0.25, 0.3) is 0 Å². The number of carbonyl (C=O) groups is 1. The van der Waals surface area contributed by atoms with Crippen LogP contribution in [0.3, 0.4) is 0 Å². The summed E-state index contributed by atoms with van der Waals surface area (Å²) in [6.07, 6.45) is 1.63. The lowest BCUT2D eigenvalue weighted by Gasteiger charge is -2.10. The minimum atomic E-state index is -0.380. The highest BCUT2D eigenvalue weighted by molar-refractivity contribution is 5.95. The molecule has 2 aromatic carbocycles. The highest BCUT2D eigenvalue weighted by Gasteiger charge is 2.07. The van der Waals surface area contributed by atoms with Crippen molar-refractivity contribution in [3.8, 4) is 17.7 Å². The van der Waals surface area contributed by atoms with Gasteiger partial charge in [-0.2, -0.15) is 5.26 Å². The Morgan fingerprint density at radius 1 is 1.22 bits per heavy atom. The van der Waals surface area contributed by atoms with E-state index in [0.717, 1.165) is 5.56 Å². The number of Topliss-reactive ketones (excluding diaryl/α,β-unsaturated/α-hetero) is 1. The zero-order chi connectivity index (χ0) is 19.2. The highest BCUT2D eigenvalue weighted by Crippen LogP contribution is 2.21. The van der Waals surface area contributed by atoms with Crippen molar-refractivity contribution < 1.29 is 13.9 Å². The van der Waals surface area contributed by atoms with Crippen molar-refractivity contribution in [2.75, 3.05) is 5.32 Å². The molecule has 0 bridgehead atoms. The number of hydrogen-bond acceptors (Lipinski definition) is 5. The fraction of sp³-hybridized carbons (Fsp3) is 0.0952. The molecule has 0 aliphatic carbocycles. The summed E-state index contributed by atoms with van der Waals surface area (Å²) in [6.45, 7) is 1.90. The molecule has 0 radical (unpaired) electrons. The second-order valence-corrected chi connectivity index (χ2v) is 5.85. The molecule has 1 heterocycles. The summed E-state index contributed by atoms with van der Waals surface area (Å²) in [6, 6.07) is 16.3. The van der Waals surface area contributed by atoms with Crippen LogP contribution in [0.25, 0.3) is 0 Å². The summed E-state index contributed by atoms with van der Waals surface area (Å²) >= 11 is 0. The van der Waals surface area contributed by atoms with E-state index in [0.29, 0.717) is 35.0 Å². The van der Waals surface area contributed by atoms with Crippen LogP contribution in [0.15, 0.2) is 60.8 Å². The van der Waals surface area contributed by atoms with Crippen LogP contribution in [-0.2, 0) is 6.54 Å². The molecule has 0 saturated carbocycles. The number of aromatic nitrogens is 1. The van der Waals surface area contributed by atoms with Crippen molar-refractivity contribution in [1.82, 2.24) is 4.98 Å². The van der Waals surface area contributed by atoms with Crippen LogP contribution in [-0.4, -0.2) is 10.8 Å². The number of nitriles is 1. The van der Waals surface area contributed by atoms with Crippen LogP contribution in [0.2, 0.25) is 0 Å². The first-order valence-corrected chi connectivity index (χ1v) is 8.22. The minimum absolute atomic E-state index is 0.0666. The third-order valence-electron chi connectivity index (χ3n) is 3.85. The van der Waals surface area contributed by atoms with Crippen molar-refractivity contribution in [1.29, 1.82) is 5.26 Å². The van der Waals surface area contributed by atoms with Crippen molar-refractivity contribution in [2.24, 2.45) is 0 Å². The lowest BCUT2D eigenvalue weighted by Crippen LogP contribution is -2.04. The van der Waals surface area contributed by atoms with Crippen LogP contribution >= 0.6 is 0 Å². The third-order valence-corrected chi connectivity index (χ3v) is 3.85. The zero-order valence-electron chi connectivity index (χ0n) is 14.6. The van der Waals surface area contributed by atoms with Gasteiger partial charge in [0.2, 0.25) is 5.88 Å². The van der Waals surface area contributed by atoms with Gasteiger partial charge < -0.3 is 10.1 Å². The highest BCUT2D eigenvalue weighted by atomic mass is 19.1. The minimum Gasteiger partial charge on any atom is -0.439 e. The number of nitrogens with one attached hydrogen (secondary N) is 1. The molecule has 0 fully saturated rings. The molecular weight excluding hydrogens is 345 g/mol. The van der Waals surface area contributed by atoms with Crippen molar-refractivity contribution in [3.63, 3.8) is 0 Å². The van der Waals surface area contributed by atoms with Gasteiger partial charge in [0.1, 0.15) is 17.6 Å². The molecule has 0 atom stereocenters. The molecule has 0 amide bonds. The molecule has 0 saturated heterocycles. The lowest BCUT2D eigenvalue weighted by atomic mass is 10.1. The second-order valence-electron chi connectivity index (χ2n) is 5.85. The Balaban J connectivity index is 1.68. The molecule has 134 valence electrons. The molecule has 1 aromatic heterocycles. The van der Waals surface area contributed by atoms with E-state index in [1.165, 1.54) is 19.1 Å². The quantitative estimate of drug-likeness (QED) is 0.644. The molecule has 0 aliphatic heterocycles. The van der Waals surface area contributed by atoms with Gasteiger partial charge in [-0.25, -0.2) is 9.37 Å². The predicted molar refractivity (Wildman–Crippen MR) is 99.2 cm³/mol. The number of anilines is 1. The molecule has 0 unspecified atom stereocenters. The average molecular weight is 361 g/mol. The topological polar surface area (TPSA) is 75.0 Å². The Morgan fingerprint density at radius 2 is 2.07 bits per heavy atom. The summed E-state index contributed by atoms with van der Waals surface area (Å²) < 4.78 is 18.7. The van der Waals surface area contributed by atoms with Crippen LogP contribution in [0.5, 0.6) is 11.6 Å². The van der Waals surface area contributed by atoms with Gasteiger partial charge in [0.05, 0.1) is 11.3 Å². The van der Waals surface area contributed by atoms with Crippen LogP contribution in [0.4, 0.5) is 10.1 Å². The van der Waals surface area contributed by atoms with Crippen molar-refractivity contribution in [2.45, 2.75) is 13.5 Å². The second kappa shape index (κ2) is 8.11. The van der Waals surface area contributed by atoms with E-state index >= 15 is 0 Å². The number of hydrogen-bond donors (Lipinski definition) is 1. The molecule has 0 spiro atoms. The largest absolute Gasteiger partial charge is 0.439 e. The maximum Gasteiger partial charge on any atom is 0.219 e. The predicted octanol–water partition coefficient (Wildman–Crippen LogP) is 4.70. The summed E-state index contributed by atoms with van der Waals surface area (Å²) in [5, 5.41) is 12.4. The maximum absolute atomic E-state index is 13.2. The summed E-state index contributed by atoms with van der Waals surface area (Å²) in [7, 11) is 0. The third kappa shape index (κ3) is 4.67. The average Bonchev–Trinajstić information content (AvgIpc) is 2.67. The molecule has 6 heteroatoms. The standard InChI is InChI=1S/C21H16FN3O2/c1-14(26)16-6-7-17(11-23)20(9-16)24-12-15-5-8-21(25-13-15)27-19-4-2-3-18(22)10-19/h2-10,13,24H,12H2,1H3. The first-order chi connectivity index (χ1) is 13.0. The molecule has 0 aliphatic rings. The number of halogens is 1. The zero-order valence-corrected chi connectivity index (χ0v) is 14.6. The molecule has 3 rings (SSSR count). The Hall–Kier alpha value is -3.72. The smallest absolute Gasteiger partial charge is 0.219 e. The molecule has 5 nitrogen and oxygen atoms in total. The number of rotatable bonds is 6. The van der Waals surface area contributed by atoms with E-state index in [2.05, 4.69) is 16.4 Å². The Bertz CT molecular complexity index is 1010. The normalized spacial score (nSPS) is 10.1. The SMILES string of the molecule is CC(=O)c1ccc(C#N)c(NCc2ccc(Oc3cccc(F)c3)nc2)c1. The number of ether oxygens (including phenoxy) is 1. The van der Waals surface area contributed by atoms with E-state index in [1.807, 2.05) is 6.07 Å². The molecule has 1 N–H and O–H groups in total. The summed E-state index contributed by atoms with van der Waals surface area (Å²) in [5.74, 6) is 0.270. The van der Waals surface area contributed by atoms with Crippen LogP contribution in [0.1, 0.15) is 28.4 Å². The van der Waals surface area contributed by atoms with Gasteiger partial charge in [-0.1, -0.05) is 12.1 Å². The number of ketones is 1. The lowest BCUT2D eigenvalue weighted by molar-refractivity contribution is 0.101. The van der Waals surface area contributed by atoms with E-state index in [4.69, 9.17) is 4.74 Å². The van der Waals surface area contributed by atoms with E-state index in [1.54, 1.807) is 42.6 Å². The van der Waals surface area contributed by atoms with Crippen LogP contribution < -0.4 is 10.1 Å². The summed E-state index contributed by atoms with van der Waals surface area (Å²) in [5.41, 5.74) is 2.44. The van der Waals surface area contributed by atoms with E-state index < -0.39 is 0 Å². The number of carbonyl (C=O) groups excluding carboxylic acids is 1. The van der Waals surface area contributed by atoms with Gasteiger partial charge in [-0.15, -0.1) is 0 Å². The Morgan fingerprint density at radius 3 is 2.74 bits per heavy atom. The van der Waals surface area contributed by atoms with Gasteiger partial charge in [0, 0.05) is 30.4 Å². The molecular formula is C21H16FN3O2. The van der Waals surface area contributed by atoms with Gasteiger partial charge in [0.15, 0.2) is 5.78 Å². The van der Waals surface area contributed by atoms with E-state index in [9.17, 15) is 14.4 Å². The maximum atomic E-state index is 13.2. The summed E-state index contributed by atoms with van der Waals surface area (Å²) in [4.78, 5) is 15.7. The first kappa shape index (κ1) is 18.1. The van der Waals surface area contributed by atoms with Crippen molar-refractivity contribution in [3.05, 3.63) is 83.3 Å². The molecule has 3 aromatic rings. The monoisotopic (exact) mass is 361 g/mol. The first-order valence-electron chi connectivity index (χ1n) is 8.22. The fourth-order valence-electron chi connectivity index (χ4n) is 2.43. The van der Waals surface area contributed by atoms with Gasteiger partial charge in [-0.05, 0) is 42.8 Å². The Labute approximate surface area is 156 Å². The van der Waals surface area contributed by atoms with Crippen LogP contribution in [0, 0.1) is 17.1 Å². The fourth-order valence-corrected chi connectivity index (χ4v) is 2.43. The van der Waals surface area contributed by atoms with Gasteiger partial charge in [-0.3, -0.25) is 4.79 Å². The van der Waals surface area contributed by atoms with E-state index in [-0.39, 0.29) is 11.6 Å². The van der Waals surface area contributed by atoms with Crippen molar-refractivity contribution >= 4 is 11.5 Å².